The molecule has 1 aromatic carbocycles. The Labute approximate surface area is 160 Å². The molecule has 1 amide bonds. The number of aliphatic hydroxyl groups is 1. The van der Waals surface area contributed by atoms with Crippen molar-refractivity contribution in [3.63, 3.8) is 0 Å². The van der Waals surface area contributed by atoms with E-state index in [1.807, 2.05) is 0 Å². The first-order chi connectivity index (χ1) is 13.4. The van der Waals surface area contributed by atoms with Gasteiger partial charge in [-0.1, -0.05) is 0 Å². The van der Waals surface area contributed by atoms with Crippen molar-refractivity contribution in [3.05, 3.63) is 35.2 Å². The van der Waals surface area contributed by atoms with E-state index in [-0.39, 0.29) is 36.7 Å². The molecule has 3 rings (SSSR count). The van der Waals surface area contributed by atoms with E-state index in [0.717, 1.165) is 0 Å². The molecule has 1 aliphatic heterocycles. The van der Waals surface area contributed by atoms with E-state index in [1.54, 1.807) is 29.9 Å². The molecule has 0 fully saturated rings. The molecule has 2 N–H and O–H groups in total. The SMILES string of the molecule is COC(=O)C1=C(Nc2ccc3c(c2)c(C(=O)OC)nn3C)C(=O)N(CCO)C1. The van der Waals surface area contributed by atoms with Gasteiger partial charge < -0.3 is 24.8 Å². The van der Waals surface area contributed by atoms with E-state index in [9.17, 15) is 14.4 Å². The first kappa shape index (κ1) is 19.4. The van der Waals surface area contributed by atoms with Gasteiger partial charge >= 0.3 is 11.9 Å². The van der Waals surface area contributed by atoms with Crippen LogP contribution in [0.5, 0.6) is 0 Å². The van der Waals surface area contributed by atoms with Gasteiger partial charge in [0.1, 0.15) is 5.70 Å². The van der Waals surface area contributed by atoms with Crippen molar-refractivity contribution < 1.29 is 29.0 Å². The molecule has 148 valence electrons. The normalized spacial score (nSPS) is 14.0. The van der Waals surface area contributed by atoms with E-state index in [2.05, 4.69) is 10.4 Å². The number of rotatable bonds is 6. The lowest BCUT2D eigenvalue weighted by molar-refractivity contribution is -0.136. The van der Waals surface area contributed by atoms with Gasteiger partial charge in [-0.05, 0) is 18.2 Å². The number of nitrogens with zero attached hydrogens (tertiary/aromatic N) is 3. The Bertz CT molecular complexity index is 993. The third kappa shape index (κ3) is 3.29. The van der Waals surface area contributed by atoms with Gasteiger partial charge in [-0.2, -0.15) is 5.10 Å². The topological polar surface area (TPSA) is 123 Å². The highest BCUT2D eigenvalue weighted by atomic mass is 16.5. The second-order valence-electron chi connectivity index (χ2n) is 6.12. The van der Waals surface area contributed by atoms with Crippen molar-refractivity contribution in [1.29, 1.82) is 0 Å². The second-order valence-corrected chi connectivity index (χ2v) is 6.12. The first-order valence-electron chi connectivity index (χ1n) is 8.45. The third-order valence-electron chi connectivity index (χ3n) is 4.45. The zero-order chi connectivity index (χ0) is 20.4. The standard InChI is InChI=1S/C18H20N4O6/c1-21-13-5-4-10(8-11(13)15(20-21)18(26)28-3)19-14-12(17(25)27-2)9-22(6-7-23)16(14)24/h4-5,8,19,23H,6-7,9H2,1-3H3. The number of hydrogen-bond donors (Lipinski definition) is 2. The van der Waals surface area contributed by atoms with Crippen LogP contribution in [0.1, 0.15) is 10.5 Å². The molecule has 1 aromatic heterocycles. The zero-order valence-electron chi connectivity index (χ0n) is 15.7. The summed E-state index contributed by atoms with van der Waals surface area (Å²) in [6.07, 6.45) is 0. The lowest BCUT2D eigenvalue weighted by atomic mass is 10.1. The van der Waals surface area contributed by atoms with Crippen molar-refractivity contribution in [1.82, 2.24) is 14.7 Å². The van der Waals surface area contributed by atoms with Crippen LogP contribution in [0.25, 0.3) is 10.9 Å². The van der Waals surface area contributed by atoms with Crippen molar-refractivity contribution in [2.75, 3.05) is 39.2 Å². The summed E-state index contributed by atoms with van der Waals surface area (Å²) < 4.78 is 11.1. The minimum atomic E-state index is -0.631. The highest BCUT2D eigenvalue weighted by molar-refractivity contribution is 6.09. The molecule has 0 radical (unpaired) electrons. The minimum Gasteiger partial charge on any atom is -0.466 e. The summed E-state index contributed by atoms with van der Waals surface area (Å²) in [6.45, 7) is -0.0901. The van der Waals surface area contributed by atoms with Gasteiger partial charge in [0.2, 0.25) is 0 Å². The Morgan fingerprint density at radius 3 is 2.61 bits per heavy atom. The maximum Gasteiger partial charge on any atom is 0.359 e. The molecular weight excluding hydrogens is 368 g/mol. The number of hydrogen-bond acceptors (Lipinski definition) is 8. The fourth-order valence-electron chi connectivity index (χ4n) is 3.08. The summed E-state index contributed by atoms with van der Waals surface area (Å²) in [5.41, 5.74) is 1.57. The maximum absolute atomic E-state index is 12.6. The van der Waals surface area contributed by atoms with E-state index in [0.29, 0.717) is 16.6 Å². The molecule has 0 saturated heterocycles. The summed E-state index contributed by atoms with van der Waals surface area (Å²) in [4.78, 5) is 38.0. The maximum atomic E-state index is 12.6. The van der Waals surface area contributed by atoms with Crippen LogP contribution < -0.4 is 5.32 Å². The van der Waals surface area contributed by atoms with Crippen molar-refractivity contribution >= 4 is 34.4 Å². The van der Waals surface area contributed by atoms with E-state index in [4.69, 9.17) is 14.6 Å². The minimum absolute atomic E-state index is 0.0386. The van der Waals surface area contributed by atoms with E-state index < -0.39 is 17.8 Å². The number of aryl methyl sites for hydroxylation is 1. The number of carbonyl (C=O) groups is 3. The number of anilines is 1. The number of esters is 2. The van der Waals surface area contributed by atoms with E-state index >= 15 is 0 Å². The summed E-state index contributed by atoms with van der Waals surface area (Å²) in [5, 5.41) is 16.8. The Kier molecular flexibility index (Phi) is 5.32. The first-order valence-corrected chi connectivity index (χ1v) is 8.45. The van der Waals surface area contributed by atoms with Crippen LogP contribution in [0.4, 0.5) is 5.69 Å². The number of methoxy groups -OCH3 is 2. The highest BCUT2D eigenvalue weighted by Crippen LogP contribution is 2.27. The van der Waals surface area contributed by atoms with Gasteiger partial charge in [0.15, 0.2) is 5.69 Å². The van der Waals surface area contributed by atoms with Crippen LogP contribution in [-0.4, -0.2) is 71.5 Å². The molecule has 10 nitrogen and oxygen atoms in total. The fraction of sp³-hybridized carbons (Fsp3) is 0.333. The number of ether oxygens (including phenoxy) is 2. The molecule has 1 aliphatic rings. The number of carbonyl (C=O) groups excluding carboxylic acids is 3. The Morgan fingerprint density at radius 1 is 1.25 bits per heavy atom. The Hall–Kier alpha value is -3.40. The second kappa shape index (κ2) is 7.69. The van der Waals surface area contributed by atoms with Gasteiger partial charge in [0.05, 0.1) is 38.5 Å². The van der Waals surface area contributed by atoms with E-state index in [1.165, 1.54) is 19.1 Å². The number of aromatic nitrogens is 2. The molecule has 2 aromatic rings. The van der Waals surface area contributed by atoms with Crippen LogP contribution in [-0.2, 0) is 26.1 Å². The lowest BCUT2D eigenvalue weighted by Crippen LogP contribution is -2.31. The largest absolute Gasteiger partial charge is 0.466 e. The molecule has 2 heterocycles. The van der Waals surface area contributed by atoms with Gasteiger partial charge in [-0.15, -0.1) is 0 Å². The van der Waals surface area contributed by atoms with Crippen LogP contribution in [0.15, 0.2) is 29.5 Å². The number of fused-ring (bicyclic) bond motifs is 1. The molecule has 0 aliphatic carbocycles. The molecule has 0 spiro atoms. The van der Waals surface area contributed by atoms with Crippen LogP contribution in [0, 0.1) is 0 Å². The summed E-state index contributed by atoms with van der Waals surface area (Å²) in [6, 6.07) is 5.09. The highest BCUT2D eigenvalue weighted by Gasteiger charge is 2.34. The number of amides is 1. The predicted molar refractivity (Wildman–Crippen MR) is 98.4 cm³/mol. The molecule has 28 heavy (non-hydrogen) atoms. The number of aliphatic hydroxyl groups excluding tert-OH is 1. The molecular formula is C18H20N4O6. The van der Waals surface area contributed by atoms with Crippen LogP contribution in [0.3, 0.4) is 0 Å². The number of β-amino-alcohol motifs (C(OH)–C–C–N with tert-alkyl or cyclic N) is 1. The zero-order valence-corrected chi connectivity index (χ0v) is 15.7. The van der Waals surface area contributed by atoms with Crippen molar-refractivity contribution in [2.45, 2.75) is 0 Å². The quantitative estimate of drug-likeness (QED) is 0.665. The van der Waals surface area contributed by atoms with Crippen LogP contribution >= 0.6 is 0 Å². The Balaban J connectivity index is 2.01. The van der Waals surface area contributed by atoms with Crippen LogP contribution in [0.2, 0.25) is 0 Å². The third-order valence-corrected chi connectivity index (χ3v) is 4.45. The molecule has 0 saturated carbocycles. The molecule has 0 unspecified atom stereocenters. The molecule has 0 bridgehead atoms. The number of nitrogens with one attached hydrogen (secondary N) is 1. The number of benzene rings is 1. The average molecular weight is 388 g/mol. The van der Waals surface area contributed by atoms with Crippen molar-refractivity contribution in [2.24, 2.45) is 7.05 Å². The average Bonchev–Trinajstić information content (AvgIpc) is 3.19. The van der Waals surface area contributed by atoms with Gasteiger partial charge in [-0.25, -0.2) is 9.59 Å². The smallest absolute Gasteiger partial charge is 0.359 e. The predicted octanol–water partition coefficient (Wildman–Crippen LogP) is 0.0334. The summed E-state index contributed by atoms with van der Waals surface area (Å²) in [7, 11) is 4.20. The van der Waals surface area contributed by atoms with Crippen molar-refractivity contribution in [3.8, 4) is 0 Å². The lowest BCUT2D eigenvalue weighted by Gasteiger charge is -2.15. The molecule has 0 atom stereocenters. The van der Waals surface area contributed by atoms with Gasteiger partial charge in [-0.3, -0.25) is 9.48 Å². The summed E-state index contributed by atoms with van der Waals surface area (Å²) in [5.74, 6) is -1.63. The van der Waals surface area contributed by atoms with Gasteiger partial charge in [0, 0.05) is 24.7 Å². The Morgan fingerprint density at radius 2 is 1.96 bits per heavy atom. The fourth-order valence-corrected chi connectivity index (χ4v) is 3.08. The summed E-state index contributed by atoms with van der Waals surface area (Å²) >= 11 is 0. The monoisotopic (exact) mass is 388 g/mol. The van der Waals surface area contributed by atoms with Gasteiger partial charge in [0.25, 0.3) is 5.91 Å². The molecule has 10 heteroatoms.